The number of nitrogens with zero attached hydrogens (tertiary/aromatic N) is 2. The number of halogens is 1. The van der Waals surface area contributed by atoms with E-state index in [1.165, 1.54) is 10.6 Å². The van der Waals surface area contributed by atoms with Crippen LogP contribution in [-0.2, 0) is 11.3 Å². The Morgan fingerprint density at radius 3 is 2.95 bits per heavy atom. The van der Waals surface area contributed by atoms with E-state index in [0.29, 0.717) is 0 Å². The molecule has 1 atom stereocenters. The van der Waals surface area contributed by atoms with Crippen molar-refractivity contribution in [3.05, 3.63) is 34.7 Å². The minimum Gasteiger partial charge on any atom is -0.337 e. The first kappa shape index (κ1) is 15.7. The molecular weight excluding hydrogens is 266 g/mol. The van der Waals surface area contributed by atoms with Gasteiger partial charge in [0.15, 0.2) is 0 Å². The van der Waals surface area contributed by atoms with E-state index >= 15 is 0 Å². The summed E-state index contributed by atoms with van der Waals surface area (Å²) in [6.07, 6.45) is 3.74. The van der Waals surface area contributed by atoms with E-state index in [-0.39, 0.29) is 36.5 Å². The molecule has 1 aliphatic rings. The number of amides is 1. The molecule has 1 unspecified atom stereocenters. The molecule has 1 aromatic heterocycles. The highest BCUT2D eigenvalue weighted by atomic mass is 35.5. The van der Waals surface area contributed by atoms with Crippen LogP contribution in [0.25, 0.3) is 0 Å². The zero-order valence-electron chi connectivity index (χ0n) is 11.0. The maximum absolute atomic E-state index is 12.2. The van der Waals surface area contributed by atoms with E-state index < -0.39 is 0 Å². The summed E-state index contributed by atoms with van der Waals surface area (Å²) in [5.74, 6) is 0.0288. The molecule has 1 fully saturated rings. The minimum atomic E-state index is -0.129. The van der Waals surface area contributed by atoms with Crippen LogP contribution in [0.15, 0.2) is 29.2 Å². The number of nitrogens with one attached hydrogen (secondary N) is 1. The third-order valence-corrected chi connectivity index (χ3v) is 3.34. The van der Waals surface area contributed by atoms with Crippen LogP contribution in [0.2, 0.25) is 0 Å². The number of pyridine rings is 1. The van der Waals surface area contributed by atoms with Gasteiger partial charge in [-0.2, -0.15) is 0 Å². The number of carbonyl (C=O) groups is 1. The molecule has 1 saturated heterocycles. The predicted octanol–water partition coefficient (Wildman–Crippen LogP) is 0.480. The highest BCUT2D eigenvalue weighted by molar-refractivity contribution is 5.85. The SMILES string of the molecule is CNCC1CCCN1C(=O)Cn1ccccc1=O.Cl. The number of carbonyl (C=O) groups excluding carboxylic acids is 1. The van der Waals surface area contributed by atoms with Gasteiger partial charge in [0.1, 0.15) is 6.54 Å². The summed E-state index contributed by atoms with van der Waals surface area (Å²) in [5.41, 5.74) is -0.129. The van der Waals surface area contributed by atoms with E-state index in [4.69, 9.17) is 0 Å². The van der Waals surface area contributed by atoms with Crippen LogP contribution in [0.4, 0.5) is 0 Å². The summed E-state index contributed by atoms with van der Waals surface area (Å²) in [4.78, 5) is 25.6. The van der Waals surface area contributed by atoms with Crippen LogP contribution in [0.1, 0.15) is 12.8 Å². The van der Waals surface area contributed by atoms with Gasteiger partial charge in [-0.05, 0) is 26.0 Å². The largest absolute Gasteiger partial charge is 0.337 e. The Morgan fingerprint density at radius 1 is 1.47 bits per heavy atom. The number of hydrogen-bond acceptors (Lipinski definition) is 3. The number of rotatable bonds is 4. The van der Waals surface area contributed by atoms with Gasteiger partial charge in [-0.1, -0.05) is 6.07 Å². The quantitative estimate of drug-likeness (QED) is 0.876. The second-order valence-corrected chi connectivity index (χ2v) is 4.61. The zero-order chi connectivity index (χ0) is 13.0. The molecule has 0 saturated carbocycles. The summed E-state index contributed by atoms with van der Waals surface area (Å²) in [6.45, 7) is 1.75. The van der Waals surface area contributed by atoms with Gasteiger partial charge in [0, 0.05) is 31.4 Å². The van der Waals surface area contributed by atoms with Crippen molar-refractivity contribution in [1.29, 1.82) is 0 Å². The van der Waals surface area contributed by atoms with Crippen LogP contribution in [0, 0.1) is 0 Å². The Balaban J connectivity index is 0.00000180. The molecule has 2 heterocycles. The number of likely N-dealkylation sites (tertiary alicyclic amines) is 1. The van der Waals surface area contributed by atoms with Gasteiger partial charge in [-0.15, -0.1) is 12.4 Å². The first-order valence-corrected chi connectivity index (χ1v) is 6.32. The predicted molar refractivity (Wildman–Crippen MR) is 76.6 cm³/mol. The van der Waals surface area contributed by atoms with Crippen molar-refractivity contribution >= 4 is 18.3 Å². The zero-order valence-corrected chi connectivity index (χ0v) is 11.9. The average Bonchev–Trinajstić information content (AvgIpc) is 2.81. The molecule has 0 aliphatic carbocycles. The Hall–Kier alpha value is -1.33. The first-order valence-electron chi connectivity index (χ1n) is 6.32. The van der Waals surface area contributed by atoms with E-state index in [2.05, 4.69) is 5.32 Å². The topological polar surface area (TPSA) is 54.3 Å². The number of hydrogen-bond donors (Lipinski definition) is 1. The summed E-state index contributed by atoms with van der Waals surface area (Å²) < 4.78 is 1.46. The van der Waals surface area contributed by atoms with E-state index in [1.807, 2.05) is 11.9 Å². The molecule has 0 spiro atoms. The second kappa shape index (κ2) is 7.31. The normalized spacial score (nSPS) is 18.2. The maximum Gasteiger partial charge on any atom is 0.250 e. The van der Waals surface area contributed by atoms with Gasteiger partial charge in [-0.25, -0.2) is 0 Å². The molecule has 6 heteroatoms. The average molecular weight is 286 g/mol. The standard InChI is InChI=1S/C13H19N3O2.ClH/c1-14-9-11-5-4-8-16(11)13(18)10-15-7-3-2-6-12(15)17;/h2-3,6-7,11,14H,4-5,8-10H2,1H3;1H. The van der Waals surface area contributed by atoms with E-state index in [0.717, 1.165) is 25.9 Å². The Labute approximate surface area is 119 Å². The molecule has 0 radical (unpaired) electrons. The molecule has 19 heavy (non-hydrogen) atoms. The molecule has 2 rings (SSSR count). The monoisotopic (exact) mass is 285 g/mol. The Morgan fingerprint density at radius 2 is 2.26 bits per heavy atom. The summed E-state index contributed by atoms with van der Waals surface area (Å²) >= 11 is 0. The molecule has 1 aliphatic heterocycles. The summed E-state index contributed by atoms with van der Waals surface area (Å²) in [7, 11) is 1.89. The molecular formula is C13H20ClN3O2. The van der Waals surface area contributed by atoms with Crippen LogP contribution in [0.3, 0.4) is 0 Å². The van der Waals surface area contributed by atoms with Crippen molar-refractivity contribution in [3.8, 4) is 0 Å². The Kier molecular flexibility index (Phi) is 6.05. The molecule has 106 valence electrons. The van der Waals surface area contributed by atoms with E-state index in [9.17, 15) is 9.59 Å². The van der Waals surface area contributed by atoms with Crippen LogP contribution >= 0.6 is 12.4 Å². The van der Waals surface area contributed by atoms with Gasteiger partial charge < -0.3 is 14.8 Å². The van der Waals surface area contributed by atoms with E-state index in [1.54, 1.807) is 18.3 Å². The Bertz CT molecular complexity index is 475. The van der Waals surface area contributed by atoms with Crippen molar-refractivity contribution in [3.63, 3.8) is 0 Å². The fourth-order valence-corrected chi connectivity index (χ4v) is 2.44. The lowest BCUT2D eigenvalue weighted by molar-refractivity contribution is -0.132. The fourth-order valence-electron chi connectivity index (χ4n) is 2.44. The van der Waals surface area contributed by atoms with Crippen LogP contribution in [0.5, 0.6) is 0 Å². The number of likely N-dealkylation sites (N-methyl/N-ethyl adjacent to an activating group) is 1. The molecule has 0 aromatic carbocycles. The lowest BCUT2D eigenvalue weighted by Gasteiger charge is -2.24. The maximum atomic E-state index is 12.2. The highest BCUT2D eigenvalue weighted by Gasteiger charge is 2.27. The van der Waals surface area contributed by atoms with Gasteiger partial charge in [0.2, 0.25) is 5.91 Å². The third kappa shape index (κ3) is 3.81. The molecule has 1 aromatic rings. The van der Waals surface area contributed by atoms with Gasteiger partial charge in [-0.3, -0.25) is 9.59 Å². The van der Waals surface area contributed by atoms with Crippen molar-refractivity contribution in [2.24, 2.45) is 0 Å². The van der Waals surface area contributed by atoms with Crippen LogP contribution in [-0.4, -0.2) is 41.6 Å². The summed E-state index contributed by atoms with van der Waals surface area (Å²) in [5, 5.41) is 3.11. The lowest BCUT2D eigenvalue weighted by atomic mass is 10.2. The van der Waals surface area contributed by atoms with Crippen molar-refractivity contribution in [2.75, 3.05) is 20.1 Å². The lowest BCUT2D eigenvalue weighted by Crippen LogP contribution is -2.43. The second-order valence-electron chi connectivity index (χ2n) is 4.61. The van der Waals surface area contributed by atoms with Crippen molar-refractivity contribution in [1.82, 2.24) is 14.8 Å². The third-order valence-electron chi connectivity index (χ3n) is 3.34. The first-order chi connectivity index (χ1) is 8.72. The van der Waals surface area contributed by atoms with Gasteiger partial charge in [0.25, 0.3) is 5.56 Å². The molecule has 1 amide bonds. The minimum absolute atomic E-state index is 0. The fraction of sp³-hybridized carbons (Fsp3) is 0.538. The van der Waals surface area contributed by atoms with Gasteiger partial charge >= 0.3 is 0 Å². The highest BCUT2D eigenvalue weighted by Crippen LogP contribution is 2.16. The molecule has 1 N–H and O–H groups in total. The molecule has 5 nitrogen and oxygen atoms in total. The van der Waals surface area contributed by atoms with Crippen molar-refractivity contribution < 1.29 is 4.79 Å². The number of aromatic nitrogens is 1. The molecule has 0 bridgehead atoms. The van der Waals surface area contributed by atoms with Crippen molar-refractivity contribution in [2.45, 2.75) is 25.4 Å². The summed E-state index contributed by atoms with van der Waals surface area (Å²) in [6, 6.07) is 5.19. The van der Waals surface area contributed by atoms with Gasteiger partial charge in [0.05, 0.1) is 0 Å². The smallest absolute Gasteiger partial charge is 0.250 e. The van der Waals surface area contributed by atoms with Crippen LogP contribution < -0.4 is 10.9 Å².